The third-order valence-electron chi connectivity index (χ3n) is 5.01. The molecule has 3 rings (SSSR count). The summed E-state index contributed by atoms with van der Waals surface area (Å²) in [5.41, 5.74) is 1.69. The molecule has 0 radical (unpaired) electrons. The Morgan fingerprint density at radius 3 is 2.68 bits per heavy atom. The lowest BCUT2D eigenvalue weighted by Crippen LogP contribution is -2.38. The van der Waals surface area contributed by atoms with Gasteiger partial charge in [-0.3, -0.25) is 4.79 Å². The Kier molecular flexibility index (Phi) is 6.74. The summed E-state index contributed by atoms with van der Waals surface area (Å²) in [5.74, 6) is 1.04. The molecule has 1 aliphatic rings. The zero-order valence-electron chi connectivity index (χ0n) is 16.2. The average molecular weight is 423 g/mol. The summed E-state index contributed by atoms with van der Waals surface area (Å²) in [6.45, 7) is 2.93. The second kappa shape index (κ2) is 9.07. The number of piperidine rings is 1. The van der Waals surface area contributed by atoms with Gasteiger partial charge in [0, 0.05) is 31.3 Å². The van der Waals surface area contributed by atoms with Gasteiger partial charge in [-0.1, -0.05) is 6.07 Å². The van der Waals surface area contributed by atoms with Crippen molar-refractivity contribution in [2.24, 2.45) is 5.92 Å². The molecule has 0 bridgehead atoms. The fraction of sp³-hybridized carbons (Fsp3) is 0.450. The van der Waals surface area contributed by atoms with Crippen molar-refractivity contribution >= 4 is 33.0 Å². The lowest BCUT2D eigenvalue weighted by molar-refractivity contribution is -0.116. The predicted octanol–water partition coefficient (Wildman–Crippen LogP) is 3.88. The number of aryl methyl sites for hydroxylation is 1. The molecule has 28 heavy (non-hydrogen) atoms. The van der Waals surface area contributed by atoms with E-state index in [4.69, 9.17) is 4.74 Å². The van der Waals surface area contributed by atoms with Gasteiger partial charge in [0.1, 0.15) is 9.96 Å². The highest BCUT2D eigenvalue weighted by Crippen LogP contribution is 2.29. The van der Waals surface area contributed by atoms with Crippen molar-refractivity contribution in [1.82, 2.24) is 4.31 Å². The van der Waals surface area contributed by atoms with Crippen LogP contribution in [-0.4, -0.2) is 38.8 Å². The number of ether oxygens (including phenoxy) is 1. The molecule has 2 heterocycles. The Bertz CT molecular complexity index is 916. The van der Waals surface area contributed by atoms with Crippen molar-refractivity contribution in [1.29, 1.82) is 0 Å². The van der Waals surface area contributed by atoms with Crippen LogP contribution in [0.4, 0.5) is 5.69 Å². The molecule has 6 nitrogen and oxygen atoms in total. The van der Waals surface area contributed by atoms with Gasteiger partial charge in [-0.2, -0.15) is 4.31 Å². The van der Waals surface area contributed by atoms with Gasteiger partial charge in [0.05, 0.1) is 7.11 Å². The number of hydrogen-bond acceptors (Lipinski definition) is 5. The molecule has 0 saturated carbocycles. The van der Waals surface area contributed by atoms with Crippen molar-refractivity contribution in [3.05, 3.63) is 41.3 Å². The highest BCUT2D eigenvalue weighted by molar-refractivity contribution is 7.91. The Morgan fingerprint density at radius 1 is 1.29 bits per heavy atom. The van der Waals surface area contributed by atoms with Crippen LogP contribution >= 0.6 is 11.3 Å². The Labute approximate surface area is 170 Å². The van der Waals surface area contributed by atoms with E-state index in [1.165, 1.54) is 11.3 Å². The summed E-state index contributed by atoms with van der Waals surface area (Å²) >= 11 is 1.28. The fourth-order valence-electron chi connectivity index (χ4n) is 3.37. The van der Waals surface area contributed by atoms with Gasteiger partial charge in [0.25, 0.3) is 10.0 Å². The first-order chi connectivity index (χ1) is 13.4. The topological polar surface area (TPSA) is 75.7 Å². The SMILES string of the molecule is COc1cccc(NC(=O)CCC2CCN(S(=O)(=O)c3cc(C)cs3)CC2)c1. The van der Waals surface area contributed by atoms with Crippen LogP contribution in [-0.2, 0) is 14.8 Å². The molecule has 0 spiro atoms. The first-order valence-electron chi connectivity index (χ1n) is 9.37. The second-order valence-corrected chi connectivity index (χ2v) is 10.2. The van der Waals surface area contributed by atoms with Gasteiger partial charge in [-0.15, -0.1) is 11.3 Å². The molecule has 1 N–H and O–H groups in total. The highest BCUT2D eigenvalue weighted by Gasteiger charge is 2.30. The van der Waals surface area contributed by atoms with E-state index >= 15 is 0 Å². The molecule has 0 atom stereocenters. The maximum Gasteiger partial charge on any atom is 0.252 e. The summed E-state index contributed by atoms with van der Waals surface area (Å²) in [4.78, 5) is 12.2. The molecule has 1 fully saturated rings. The molecule has 8 heteroatoms. The Morgan fingerprint density at radius 2 is 2.04 bits per heavy atom. The minimum atomic E-state index is -3.38. The number of rotatable bonds is 7. The van der Waals surface area contributed by atoms with Crippen LogP contribution in [0, 0.1) is 12.8 Å². The van der Waals surface area contributed by atoms with Crippen molar-refractivity contribution in [2.75, 3.05) is 25.5 Å². The minimum absolute atomic E-state index is 0.0302. The third kappa shape index (κ3) is 5.12. The molecule has 1 saturated heterocycles. The number of carbonyl (C=O) groups excluding carboxylic acids is 1. The normalized spacial score (nSPS) is 16.1. The van der Waals surface area contributed by atoms with E-state index in [2.05, 4.69) is 5.32 Å². The quantitative estimate of drug-likeness (QED) is 0.735. The summed E-state index contributed by atoms with van der Waals surface area (Å²) in [6, 6.07) is 9.01. The van der Waals surface area contributed by atoms with Crippen LogP contribution in [0.15, 0.2) is 39.9 Å². The summed E-state index contributed by atoms with van der Waals surface area (Å²) in [6.07, 6.45) is 2.77. The van der Waals surface area contributed by atoms with Crippen LogP contribution in [0.3, 0.4) is 0 Å². The van der Waals surface area contributed by atoms with Crippen molar-refractivity contribution in [3.63, 3.8) is 0 Å². The van der Waals surface area contributed by atoms with Crippen molar-refractivity contribution in [3.8, 4) is 5.75 Å². The number of methoxy groups -OCH3 is 1. The molecular weight excluding hydrogens is 396 g/mol. The largest absolute Gasteiger partial charge is 0.497 e. The van der Waals surface area contributed by atoms with E-state index < -0.39 is 10.0 Å². The molecule has 1 aliphatic heterocycles. The van der Waals surface area contributed by atoms with Crippen LogP contribution in [0.25, 0.3) is 0 Å². The lowest BCUT2D eigenvalue weighted by atomic mass is 9.93. The number of carbonyl (C=O) groups is 1. The van der Waals surface area contributed by atoms with Crippen LogP contribution < -0.4 is 10.1 Å². The Balaban J connectivity index is 1.46. The van der Waals surface area contributed by atoms with Gasteiger partial charge in [0.15, 0.2) is 0 Å². The molecule has 152 valence electrons. The summed E-state index contributed by atoms with van der Waals surface area (Å²) in [5, 5.41) is 4.75. The number of thiophene rings is 1. The van der Waals surface area contributed by atoms with Crippen LogP contribution in [0.2, 0.25) is 0 Å². The van der Waals surface area contributed by atoms with Crippen molar-refractivity contribution in [2.45, 2.75) is 36.8 Å². The molecule has 1 aromatic carbocycles. The van der Waals surface area contributed by atoms with Gasteiger partial charge < -0.3 is 10.1 Å². The van der Waals surface area contributed by atoms with Crippen LogP contribution in [0.1, 0.15) is 31.2 Å². The van der Waals surface area contributed by atoms with E-state index in [-0.39, 0.29) is 5.91 Å². The first kappa shape index (κ1) is 20.8. The maximum atomic E-state index is 12.7. The first-order valence-corrected chi connectivity index (χ1v) is 11.7. The number of sulfonamides is 1. The van der Waals surface area contributed by atoms with E-state index in [0.717, 1.165) is 30.5 Å². The van der Waals surface area contributed by atoms with Gasteiger partial charge in [0.2, 0.25) is 5.91 Å². The van der Waals surface area contributed by atoms with E-state index in [1.54, 1.807) is 23.5 Å². The van der Waals surface area contributed by atoms with E-state index in [9.17, 15) is 13.2 Å². The van der Waals surface area contributed by atoms with Crippen molar-refractivity contribution < 1.29 is 17.9 Å². The maximum absolute atomic E-state index is 12.7. The molecule has 1 amide bonds. The van der Waals surface area contributed by atoms with Crippen LogP contribution in [0.5, 0.6) is 5.75 Å². The van der Waals surface area contributed by atoms with Gasteiger partial charge >= 0.3 is 0 Å². The number of hydrogen-bond donors (Lipinski definition) is 1. The molecule has 1 aromatic heterocycles. The number of benzene rings is 1. The van der Waals surface area contributed by atoms with E-state index in [1.807, 2.05) is 30.5 Å². The number of anilines is 1. The third-order valence-corrected chi connectivity index (χ3v) is 8.44. The smallest absolute Gasteiger partial charge is 0.252 e. The van der Waals surface area contributed by atoms with E-state index in [0.29, 0.717) is 35.4 Å². The van der Waals surface area contributed by atoms with Gasteiger partial charge in [-0.25, -0.2) is 8.42 Å². The molecular formula is C20H26N2O4S2. The summed E-state index contributed by atoms with van der Waals surface area (Å²) < 4.78 is 32.5. The monoisotopic (exact) mass is 422 g/mol. The molecule has 2 aromatic rings. The minimum Gasteiger partial charge on any atom is -0.497 e. The standard InChI is InChI=1S/C20H26N2O4S2/c1-15-12-20(27-14-15)28(24,25)22-10-8-16(9-11-22)6-7-19(23)21-17-4-3-5-18(13-17)26-2/h3-5,12-14,16H,6-11H2,1-2H3,(H,21,23). The second-order valence-electron chi connectivity index (χ2n) is 7.11. The fourth-order valence-corrected chi connectivity index (χ4v) is 6.22. The number of nitrogens with one attached hydrogen (secondary N) is 1. The number of amides is 1. The zero-order valence-corrected chi connectivity index (χ0v) is 17.8. The van der Waals surface area contributed by atoms with Gasteiger partial charge in [-0.05, 0) is 61.2 Å². The number of nitrogens with zero attached hydrogens (tertiary/aromatic N) is 1. The summed E-state index contributed by atoms with van der Waals surface area (Å²) in [7, 11) is -1.79. The lowest BCUT2D eigenvalue weighted by Gasteiger charge is -2.30. The average Bonchev–Trinajstić information content (AvgIpc) is 3.14. The Hall–Kier alpha value is -1.90. The molecule has 0 unspecified atom stereocenters. The molecule has 0 aliphatic carbocycles. The zero-order chi connectivity index (χ0) is 20.1. The highest BCUT2D eigenvalue weighted by atomic mass is 32.2. The predicted molar refractivity (Wildman–Crippen MR) is 111 cm³/mol.